The number of rotatable bonds is 7. The zero-order valence-corrected chi connectivity index (χ0v) is 14.6. The lowest BCUT2D eigenvalue weighted by Crippen LogP contribution is -2.26. The molecule has 0 fully saturated rings. The van der Waals surface area contributed by atoms with E-state index in [0.29, 0.717) is 17.1 Å². The number of para-hydroxylation sites is 1. The molecule has 27 heavy (non-hydrogen) atoms. The lowest BCUT2D eigenvalue weighted by molar-refractivity contribution is -0.137. The predicted octanol–water partition coefficient (Wildman–Crippen LogP) is 3.28. The third-order valence-electron chi connectivity index (χ3n) is 3.47. The number of halogens is 3. The Hall–Kier alpha value is -3.23. The molecule has 0 spiro atoms. The van der Waals surface area contributed by atoms with Crippen LogP contribution < -0.4 is 20.2 Å². The summed E-state index contributed by atoms with van der Waals surface area (Å²) in [5.41, 5.74) is 2.25. The van der Waals surface area contributed by atoms with E-state index in [4.69, 9.17) is 9.47 Å². The third-order valence-corrected chi connectivity index (χ3v) is 3.47. The first kappa shape index (κ1) is 20.1. The number of methoxy groups -OCH3 is 2. The molecule has 9 heteroatoms. The van der Waals surface area contributed by atoms with Crippen LogP contribution in [0.5, 0.6) is 11.5 Å². The molecule has 0 unspecified atom stereocenters. The second-order valence-corrected chi connectivity index (χ2v) is 5.31. The second kappa shape index (κ2) is 8.93. The van der Waals surface area contributed by atoms with Crippen molar-refractivity contribution >= 4 is 17.8 Å². The summed E-state index contributed by atoms with van der Waals surface area (Å²) >= 11 is 0. The highest BCUT2D eigenvalue weighted by atomic mass is 19.4. The van der Waals surface area contributed by atoms with Crippen molar-refractivity contribution in [2.45, 2.75) is 6.18 Å². The first-order valence-electron chi connectivity index (χ1n) is 7.79. The molecule has 0 aliphatic rings. The minimum atomic E-state index is -4.44. The molecule has 0 heterocycles. The maximum Gasteiger partial charge on any atom is 0.416 e. The number of benzene rings is 2. The number of nitrogens with one attached hydrogen (secondary N) is 2. The van der Waals surface area contributed by atoms with Gasteiger partial charge >= 0.3 is 6.18 Å². The van der Waals surface area contributed by atoms with E-state index in [1.165, 1.54) is 32.6 Å². The first-order valence-corrected chi connectivity index (χ1v) is 7.79. The minimum absolute atomic E-state index is 0.179. The van der Waals surface area contributed by atoms with Crippen molar-refractivity contribution in [3.8, 4) is 11.5 Å². The van der Waals surface area contributed by atoms with E-state index in [-0.39, 0.29) is 12.2 Å². The van der Waals surface area contributed by atoms with Crippen molar-refractivity contribution in [2.24, 2.45) is 5.10 Å². The lowest BCUT2D eigenvalue weighted by atomic mass is 10.2. The standard InChI is InChI=1S/C18H18F3N3O3/c1-26-15-8-3-5-12(17(15)27-2)10-23-24-16(25)11-22-14-7-4-6-13(9-14)18(19,20)21/h3-10,22H,11H2,1-2H3,(H,24,25)/b23-10-. The number of nitrogens with zero attached hydrogens (tertiary/aromatic N) is 1. The summed E-state index contributed by atoms with van der Waals surface area (Å²) in [6, 6.07) is 9.75. The Kier molecular flexibility index (Phi) is 6.64. The lowest BCUT2D eigenvalue weighted by Gasteiger charge is -2.10. The highest BCUT2D eigenvalue weighted by Crippen LogP contribution is 2.31. The second-order valence-electron chi connectivity index (χ2n) is 5.31. The maximum atomic E-state index is 12.7. The van der Waals surface area contributed by atoms with Crippen LogP contribution in [0.2, 0.25) is 0 Å². The third kappa shape index (κ3) is 5.63. The normalized spacial score (nSPS) is 11.3. The summed E-state index contributed by atoms with van der Waals surface area (Å²) in [6.45, 7) is -0.242. The van der Waals surface area contributed by atoms with Gasteiger partial charge in [-0.05, 0) is 30.3 Å². The van der Waals surface area contributed by atoms with Crippen LogP contribution >= 0.6 is 0 Å². The molecule has 0 bridgehead atoms. The van der Waals surface area contributed by atoms with Gasteiger partial charge in [0, 0.05) is 11.3 Å². The van der Waals surface area contributed by atoms with Gasteiger partial charge in [0.25, 0.3) is 5.91 Å². The molecule has 2 rings (SSSR count). The van der Waals surface area contributed by atoms with Crippen LogP contribution in [0.15, 0.2) is 47.6 Å². The predicted molar refractivity (Wildman–Crippen MR) is 95.2 cm³/mol. The molecule has 0 radical (unpaired) electrons. The Balaban J connectivity index is 1.93. The van der Waals surface area contributed by atoms with Crippen LogP contribution in [-0.4, -0.2) is 32.9 Å². The van der Waals surface area contributed by atoms with Gasteiger partial charge in [-0.1, -0.05) is 12.1 Å². The molecule has 0 aliphatic carbocycles. The number of hydrogen-bond donors (Lipinski definition) is 2. The molecule has 2 N–H and O–H groups in total. The van der Waals surface area contributed by atoms with E-state index in [1.807, 2.05) is 0 Å². The highest BCUT2D eigenvalue weighted by molar-refractivity contribution is 5.87. The molecule has 0 aliphatic heterocycles. The Morgan fingerprint density at radius 1 is 1.15 bits per heavy atom. The van der Waals surface area contributed by atoms with E-state index in [0.717, 1.165) is 12.1 Å². The van der Waals surface area contributed by atoms with Gasteiger partial charge in [0.05, 0.1) is 32.5 Å². The van der Waals surface area contributed by atoms with E-state index >= 15 is 0 Å². The zero-order chi connectivity index (χ0) is 19.9. The average Bonchev–Trinajstić information content (AvgIpc) is 2.65. The monoisotopic (exact) mass is 381 g/mol. The van der Waals surface area contributed by atoms with Gasteiger partial charge in [0.1, 0.15) is 0 Å². The molecule has 144 valence electrons. The molecular weight excluding hydrogens is 363 g/mol. The van der Waals surface area contributed by atoms with Gasteiger partial charge < -0.3 is 14.8 Å². The number of carbonyl (C=O) groups is 1. The van der Waals surface area contributed by atoms with Crippen molar-refractivity contribution in [3.05, 3.63) is 53.6 Å². The Morgan fingerprint density at radius 3 is 2.56 bits per heavy atom. The Morgan fingerprint density at radius 2 is 1.89 bits per heavy atom. The first-order chi connectivity index (χ1) is 12.8. The van der Waals surface area contributed by atoms with E-state index in [2.05, 4.69) is 15.8 Å². The molecule has 2 aromatic carbocycles. The quantitative estimate of drug-likeness (QED) is 0.570. The number of ether oxygens (including phenoxy) is 2. The fourth-order valence-electron chi connectivity index (χ4n) is 2.21. The fourth-order valence-corrected chi connectivity index (χ4v) is 2.21. The van der Waals surface area contributed by atoms with Crippen molar-refractivity contribution in [1.82, 2.24) is 5.43 Å². The largest absolute Gasteiger partial charge is 0.493 e. The average molecular weight is 381 g/mol. The van der Waals surface area contributed by atoms with E-state index in [1.54, 1.807) is 18.2 Å². The van der Waals surface area contributed by atoms with Gasteiger partial charge in [-0.2, -0.15) is 18.3 Å². The van der Waals surface area contributed by atoms with Crippen LogP contribution in [0.25, 0.3) is 0 Å². The van der Waals surface area contributed by atoms with Crippen molar-refractivity contribution < 1.29 is 27.4 Å². The van der Waals surface area contributed by atoms with Gasteiger partial charge in [0.15, 0.2) is 11.5 Å². The molecular formula is C18H18F3N3O3. The number of hydrogen-bond acceptors (Lipinski definition) is 5. The summed E-state index contributed by atoms with van der Waals surface area (Å²) < 4.78 is 48.4. The van der Waals surface area contributed by atoms with Crippen LogP contribution in [0, 0.1) is 0 Å². The number of amides is 1. The van der Waals surface area contributed by atoms with Gasteiger partial charge in [0.2, 0.25) is 0 Å². The number of hydrazone groups is 1. The minimum Gasteiger partial charge on any atom is -0.493 e. The molecule has 0 saturated carbocycles. The topological polar surface area (TPSA) is 72.0 Å². The van der Waals surface area contributed by atoms with Crippen LogP contribution in [0.4, 0.5) is 18.9 Å². The SMILES string of the molecule is COc1cccc(/C=N\NC(=O)CNc2cccc(C(F)(F)F)c2)c1OC. The van der Waals surface area contributed by atoms with Crippen molar-refractivity contribution in [1.29, 1.82) is 0 Å². The molecule has 0 atom stereocenters. The maximum absolute atomic E-state index is 12.7. The van der Waals surface area contributed by atoms with Crippen molar-refractivity contribution in [3.63, 3.8) is 0 Å². The molecule has 0 aromatic heterocycles. The smallest absolute Gasteiger partial charge is 0.416 e. The fraction of sp³-hybridized carbons (Fsp3) is 0.222. The van der Waals surface area contributed by atoms with Crippen LogP contribution in [0.3, 0.4) is 0 Å². The summed E-state index contributed by atoms with van der Waals surface area (Å²) in [7, 11) is 2.98. The van der Waals surface area contributed by atoms with Gasteiger partial charge in [-0.15, -0.1) is 0 Å². The van der Waals surface area contributed by atoms with Crippen LogP contribution in [0.1, 0.15) is 11.1 Å². The van der Waals surface area contributed by atoms with Crippen molar-refractivity contribution in [2.75, 3.05) is 26.1 Å². The number of alkyl halides is 3. The van der Waals surface area contributed by atoms with Gasteiger partial charge in [-0.25, -0.2) is 5.43 Å². The Labute approximate surface area is 154 Å². The molecule has 1 amide bonds. The molecule has 0 saturated heterocycles. The van der Waals surface area contributed by atoms with E-state index in [9.17, 15) is 18.0 Å². The number of carbonyl (C=O) groups excluding carboxylic acids is 1. The summed E-state index contributed by atoms with van der Waals surface area (Å²) in [6.07, 6.45) is -3.07. The van der Waals surface area contributed by atoms with Crippen LogP contribution in [-0.2, 0) is 11.0 Å². The molecule has 2 aromatic rings. The highest BCUT2D eigenvalue weighted by Gasteiger charge is 2.30. The van der Waals surface area contributed by atoms with Gasteiger partial charge in [-0.3, -0.25) is 4.79 Å². The molecule has 6 nitrogen and oxygen atoms in total. The number of anilines is 1. The Bertz CT molecular complexity index is 823. The zero-order valence-electron chi connectivity index (χ0n) is 14.6. The summed E-state index contributed by atoms with van der Waals surface area (Å²) in [5.74, 6) is 0.449. The summed E-state index contributed by atoms with van der Waals surface area (Å²) in [5, 5.41) is 6.43. The van der Waals surface area contributed by atoms with E-state index < -0.39 is 17.6 Å². The summed E-state index contributed by atoms with van der Waals surface area (Å²) in [4.78, 5) is 11.8.